The monoisotopic (exact) mass is 250 g/mol. The highest BCUT2D eigenvalue weighted by Crippen LogP contribution is 1.84. The molecule has 0 bridgehead atoms. The summed E-state index contributed by atoms with van der Waals surface area (Å²) in [6.45, 7) is 3.51. The van der Waals surface area contributed by atoms with Crippen LogP contribution in [-0.4, -0.2) is 59.3 Å². The van der Waals surface area contributed by atoms with Gasteiger partial charge in [-0.15, -0.1) is 0 Å². The molecule has 0 atom stereocenters. The molecule has 1 amide bonds. The molecule has 0 fully saturated rings. The van der Waals surface area contributed by atoms with Crippen LogP contribution in [0.1, 0.15) is 6.42 Å². The molecule has 0 aliphatic heterocycles. The fourth-order valence-electron chi connectivity index (χ4n) is 0.921. The zero-order valence-electron chi connectivity index (χ0n) is 10.3. The summed E-state index contributed by atoms with van der Waals surface area (Å²) in [5.74, 6) is 4.66. The molecular formula is C10H22N2O5. The van der Waals surface area contributed by atoms with Crippen LogP contribution in [0.3, 0.4) is 0 Å². The van der Waals surface area contributed by atoms with E-state index in [1.54, 1.807) is 7.11 Å². The highest BCUT2D eigenvalue weighted by molar-refractivity contribution is 5.75. The van der Waals surface area contributed by atoms with Crippen molar-refractivity contribution in [2.75, 3.05) is 53.4 Å². The van der Waals surface area contributed by atoms with Crippen LogP contribution in [0.5, 0.6) is 0 Å². The van der Waals surface area contributed by atoms with Gasteiger partial charge in [0, 0.05) is 7.11 Å². The van der Waals surface area contributed by atoms with Crippen molar-refractivity contribution in [2.24, 2.45) is 5.84 Å². The van der Waals surface area contributed by atoms with E-state index in [-0.39, 0.29) is 12.3 Å². The van der Waals surface area contributed by atoms with Crippen molar-refractivity contribution >= 4 is 5.91 Å². The second-order valence-corrected chi connectivity index (χ2v) is 3.15. The van der Waals surface area contributed by atoms with Gasteiger partial charge in [-0.2, -0.15) is 0 Å². The average molecular weight is 250 g/mol. The zero-order valence-corrected chi connectivity index (χ0v) is 10.3. The van der Waals surface area contributed by atoms with Crippen molar-refractivity contribution in [3.63, 3.8) is 0 Å². The van der Waals surface area contributed by atoms with Gasteiger partial charge < -0.3 is 18.9 Å². The number of nitrogens with two attached hydrogens (primary N) is 1. The molecule has 0 spiro atoms. The fraction of sp³-hybridized carbons (Fsp3) is 0.900. The Morgan fingerprint density at radius 2 is 1.41 bits per heavy atom. The molecule has 0 aliphatic rings. The number of hydrogen-bond donors (Lipinski definition) is 2. The number of methoxy groups -OCH3 is 1. The largest absolute Gasteiger partial charge is 0.382 e. The second-order valence-electron chi connectivity index (χ2n) is 3.15. The number of hydrogen-bond acceptors (Lipinski definition) is 6. The maximum Gasteiger partial charge on any atom is 0.236 e. The van der Waals surface area contributed by atoms with E-state index in [4.69, 9.17) is 24.8 Å². The van der Waals surface area contributed by atoms with E-state index in [9.17, 15) is 4.79 Å². The van der Waals surface area contributed by atoms with Crippen LogP contribution in [0.4, 0.5) is 0 Å². The summed E-state index contributed by atoms with van der Waals surface area (Å²) in [6.07, 6.45) is 0.261. The molecule has 0 saturated carbocycles. The summed E-state index contributed by atoms with van der Waals surface area (Å²) in [4.78, 5) is 10.7. The lowest BCUT2D eigenvalue weighted by molar-refractivity contribution is -0.122. The predicted octanol–water partition coefficient (Wildman–Crippen LogP) is -0.937. The lowest BCUT2D eigenvalue weighted by atomic mass is 10.4. The first-order valence-corrected chi connectivity index (χ1v) is 5.53. The molecular weight excluding hydrogens is 228 g/mol. The SMILES string of the molecule is COCCOCCOCCOCCC(=O)NN. The van der Waals surface area contributed by atoms with Crippen molar-refractivity contribution in [1.29, 1.82) is 0 Å². The maximum absolute atomic E-state index is 10.7. The van der Waals surface area contributed by atoms with Gasteiger partial charge in [0.2, 0.25) is 5.91 Å². The van der Waals surface area contributed by atoms with Crippen LogP contribution < -0.4 is 11.3 Å². The smallest absolute Gasteiger partial charge is 0.236 e. The number of ether oxygens (including phenoxy) is 4. The highest BCUT2D eigenvalue weighted by atomic mass is 16.6. The summed E-state index contributed by atoms with van der Waals surface area (Å²) in [5.41, 5.74) is 2.02. The Kier molecular flexibility index (Phi) is 12.8. The molecule has 0 aliphatic carbocycles. The molecule has 0 aromatic heterocycles. The van der Waals surface area contributed by atoms with Gasteiger partial charge in [0.1, 0.15) is 0 Å². The van der Waals surface area contributed by atoms with Gasteiger partial charge in [0.05, 0.1) is 52.7 Å². The second kappa shape index (κ2) is 13.3. The van der Waals surface area contributed by atoms with Crippen LogP contribution in [-0.2, 0) is 23.7 Å². The van der Waals surface area contributed by atoms with Crippen LogP contribution in [0.15, 0.2) is 0 Å². The zero-order chi connectivity index (χ0) is 12.8. The fourth-order valence-corrected chi connectivity index (χ4v) is 0.921. The van der Waals surface area contributed by atoms with Crippen LogP contribution in [0, 0.1) is 0 Å². The van der Waals surface area contributed by atoms with Crippen LogP contribution in [0.2, 0.25) is 0 Å². The summed E-state index contributed by atoms with van der Waals surface area (Å²) in [7, 11) is 1.63. The Hall–Kier alpha value is -0.730. The Balaban J connectivity index is 2.96. The number of carbonyl (C=O) groups excluding carboxylic acids is 1. The molecule has 0 aromatic rings. The molecule has 17 heavy (non-hydrogen) atoms. The third-order valence-electron chi connectivity index (χ3n) is 1.81. The first-order chi connectivity index (χ1) is 8.31. The number of amides is 1. The van der Waals surface area contributed by atoms with Crippen molar-refractivity contribution in [2.45, 2.75) is 6.42 Å². The van der Waals surface area contributed by atoms with Crippen LogP contribution in [0.25, 0.3) is 0 Å². The van der Waals surface area contributed by atoms with Gasteiger partial charge >= 0.3 is 0 Å². The minimum Gasteiger partial charge on any atom is -0.382 e. The Morgan fingerprint density at radius 3 is 1.88 bits per heavy atom. The third-order valence-corrected chi connectivity index (χ3v) is 1.81. The molecule has 102 valence electrons. The quantitative estimate of drug-likeness (QED) is 0.201. The first kappa shape index (κ1) is 16.3. The number of hydrazine groups is 1. The van der Waals surface area contributed by atoms with Gasteiger partial charge in [-0.1, -0.05) is 0 Å². The van der Waals surface area contributed by atoms with Gasteiger partial charge in [0.25, 0.3) is 0 Å². The molecule has 7 heteroatoms. The minimum absolute atomic E-state index is 0.238. The number of rotatable bonds is 12. The molecule has 3 N–H and O–H groups in total. The van der Waals surface area contributed by atoms with E-state index >= 15 is 0 Å². The minimum atomic E-state index is -0.238. The average Bonchev–Trinajstić information content (AvgIpc) is 2.35. The van der Waals surface area contributed by atoms with Crippen molar-refractivity contribution in [1.82, 2.24) is 5.43 Å². The van der Waals surface area contributed by atoms with Crippen molar-refractivity contribution in [3.8, 4) is 0 Å². The van der Waals surface area contributed by atoms with E-state index in [0.29, 0.717) is 46.2 Å². The van der Waals surface area contributed by atoms with E-state index in [1.807, 2.05) is 5.43 Å². The molecule has 0 saturated heterocycles. The Labute approximate surface area is 101 Å². The lowest BCUT2D eigenvalue weighted by Crippen LogP contribution is -2.30. The molecule has 0 aromatic carbocycles. The molecule has 0 rings (SSSR count). The summed E-state index contributed by atoms with van der Waals surface area (Å²) in [6, 6.07) is 0. The molecule has 7 nitrogen and oxygen atoms in total. The Bertz CT molecular complexity index is 180. The topological polar surface area (TPSA) is 92.0 Å². The van der Waals surface area contributed by atoms with Gasteiger partial charge in [-0.3, -0.25) is 10.2 Å². The number of nitrogens with one attached hydrogen (secondary N) is 1. The first-order valence-electron chi connectivity index (χ1n) is 5.53. The number of carbonyl (C=O) groups is 1. The van der Waals surface area contributed by atoms with E-state index in [0.717, 1.165) is 0 Å². The summed E-state index contributed by atoms with van der Waals surface area (Å²) < 4.78 is 20.4. The molecule has 0 unspecified atom stereocenters. The van der Waals surface area contributed by atoms with Crippen molar-refractivity contribution < 1.29 is 23.7 Å². The predicted molar refractivity (Wildman–Crippen MR) is 61.3 cm³/mol. The molecule has 0 heterocycles. The normalized spacial score (nSPS) is 10.5. The highest BCUT2D eigenvalue weighted by Gasteiger charge is 1.97. The van der Waals surface area contributed by atoms with Crippen molar-refractivity contribution in [3.05, 3.63) is 0 Å². The van der Waals surface area contributed by atoms with Gasteiger partial charge in [0.15, 0.2) is 0 Å². The van der Waals surface area contributed by atoms with E-state index in [1.165, 1.54) is 0 Å². The van der Waals surface area contributed by atoms with Gasteiger partial charge in [-0.25, -0.2) is 5.84 Å². The van der Waals surface area contributed by atoms with E-state index in [2.05, 4.69) is 0 Å². The molecule has 0 radical (unpaired) electrons. The van der Waals surface area contributed by atoms with E-state index < -0.39 is 0 Å². The summed E-state index contributed by atoms with van der Waals surface area (Å²) >= 11 is 0. The maximum atomic E-state index is 10.7. The van der Waals surface area contributed by atoms with Gasteiger partial charge in [-0.05, 0) is 0 Å². The summed E-state index contributed by atoms with van der Waals surface area (Å²) in [5, 5.41) is 0. The third kappa shape index (κ3) is 13.2. The lowest BCUT2D eigenvalue weighted by Gasteiger charge is -2.06. The Morgan fingerprint density at radius 1 is 0.941 bits per heavy atom. The van der Waals surface area contributed by atoms with Crippen LogP contribution >= 0.6 is 0 Å². The standard InChI is InChI=1S/C10H22N2O5/c1-14-4-5-16-8-9-17-7-6-15-3-2-10(13)12-11/h2-9,11H2,1H3,(H,12,13).